The van der Waals surface area contributed by atoms with Crippen LogP contribution in [0.4, 0.5) is 8.78 Å². The molecule has 0 heterocycles. The first-order valence-corrected chi connectivity index (χ1v) is 1.92. The Morgan fingerprint density at radius 1 is 1.57 bits per heavy atom. The van der Waals surface area contributed by atoms with Crippen LogP contribution in [0, 0.1) is 12.3 Å². The van der Waals surface area contributed by atoms with Crippen molar-refractivity contribution in [2.75, 3.05) is 0 Å². The molecule has 2 heteroatoms. The van der Waals surface area contributed by atoms with Gasteiger partial charge in [0.1, 0.15) is 6.17 Å². The average molecular weight is 104 g/mol. The van der Waals surface area contributed by atoms with Gasteiger partial charge in [0.2, 0.25) is 0 Å². The number of hydrogen-bond acceptors (Lipinski definition) is 0. The average Bonchev–Trinajstić information content (AvgIpc) is 1.65. The van der Waals surface area contributed by atoms with Crippen LogP contribution in [0.25, 0.3) is 0 Å². The van der Waals surface area contributed by atoms with Crippen molar-refractivity contribution in [3.8, 4) is 12.3 Å². The highest BCUT2D eigenvalue weighted by Gasteiger charge is 2.09. The first-order valence-electron chi connectivity index (χ1n) is 1.92. The topological polar surface area (TPSA) is 0 Å². The summed E-state index contributed by atoms with van der Waals surface area (Å²) < 4.78 is 23.2. The third-order valence-electron chi connectivity index (χ3n) is 0.562. The lowest BCUT2D eigenvalue weighted by Crippen LogP contribution is -2.09. The Morgan fingerprint density at radius 3 is 2.00 bits per heavy atom. The van der Waals surface area contributed by atoms with Gasteiger partial charge in [0.15, 0.2) is 6.17 Å². The number of hydrogen-bond donors (Lipinski definition) is 0. The van der Waals surface area contributed by atoms with Crippen molar-refractivity contribution < 1.29 is 8.78 Å². The lowest BCUT2D eigenvalue weighted by atomic mass is 10.3. The summed E-state index contributed by atoms with van der Waals surface area (Å²) in [6.07, 6.45) is 1.23. The molecule has 7 heavy (non-hydrogen) atoms. The predicted octanol–water partition coefficient (Wildman–Crippen LogP) is 1.32. The van der Waals surface area contributed by atoms with Gasteiger partial charge in [0.05, 0.1) is 0 Å². The monoisotopic (exact) mass is 104 g/mol. The van der Waals surface area contributed by atoms with E-state index >= 15 is 0 Å². The Balaban J connectivity index is 3.40. The molecule has 0 bridgehead atoms. The third kappa shape index (κ3) is 2.16. The van der Waals surface area contributed by atoms with E-state index < -0.39 is 12.3 Å². The van der Waals surface area contributed by atoms with Crippen LogP contribution in [0.5, 0.6) is 0 Å². The summed E-state index contributed by atoms with van der Waals surface area (Å²) in [5.74, 6) is 1.62. The maximum absolute atomic E-state index is 11.6. The van der Waals surface area contributed by atoms with Gasteiger partial charge in [-0.15, -0.1) is 6.42 Å². The Hall–Kier alpha value is -0.580. The number of terminal acetylenes is 1. The molecule has 0 fully saturated rings. The molecule has 0 aliphatic rings. The highest BCUT2D eigenvalue weighted by molar-refractivity contribution is 4.96. The third-order valence-corrected chi connectivity index (χ3v) is 0.562. The van der Waals surface area contributed by atoms with Crippen LogP contribution in [-0.2, 0) is 0 Å². The highest BCUT2D eigenvalue weighted by atomic mass is 19.2. The molecule has 2 unspecified atom stereocenters. The van der Waals surface area contributed by atoms with E-state index in [9.17, 15) is 8.78 Å². The molecule has 0 nitrogen and oxygen atoms in total. The minimum absolute atomic E-state index is 1.09. The maximum atomic E-state index is 11.6. The van der Waals surface area contributed by atoms with Crippen LogP contribution in [0.1, 0.15) is 6.92 Å². The van der Waals surface area contributed by atoms with Gasteiger partial charge >= 0.3 is 0 Å². The fourth-order valence-electron chi connectivity index (χ4n) is 0.133. The number of rotatable bonds is 1. The number of alkyl halides is 2. The highest BCUT2D eigenvalue weighted by Crippen LogP contribution is 1.99. The molecule has 0 aromatic heterocycles. The predicted molar refractivity (Wildman–Crippen MR) is 24.3 cm³/mol. The van der Waals surface area contributed by atoms with Gasteiger partial charge in [-0.1, -0.05) is 5.92 Å². The van der Waals surface area contributed by atoms with E-state index in [1.54, 1.807) is 5.92 Å². The largest absolute Gasteiger partial charge is 0.243 e. The van der Waals surface area contributed by atoms with Gasteiger partial charge in [-0.2, -0.15) is 0 Å². The van der Waals surface area contributed by atoms with Gasteiger partial charge in [-0.25, -0.2) is 8.78 Å². The maximum Gasteiger partial charge on any atom is 0.191 e. The molecule has 0 saturated heterocycles. The van der Waals surface area contributed by atoms with Crippen LogP contribution >= 0.6 is 0 Å². The Kier molecular flexibility index (Phi) is 2.36. The van der Waals surface area contributed by atoms with Crippen molar-refractivity contribution in [3.05, 3.63) is 0 Å². The SMILES string of the molecule is C#CC(F)C(C)F. The molecular formula is C5H6F2. The van der Waals surface area contributed by atoms with E-state index in [1.807, 2.05) is 0 Å². The fraction of sp³-hybridized carbons (Fsp3) is 0.600. The first kappa shape index (κ1) is 6.42. The Labute approximate surface area is 41.5 Å². The van der Waals surface area contributed by atoms with Crippen molar-refractivity contribution in [2.24, 2.45) is 0 Å². The summed E-state index contributed by atoms with van der Waals surface area (Å²) in [5.41, 5.74) is 0. The van der Waals surface area contributed by atoms with Gasteiger partial charge in [0, 0.05) is 0 Å². The Morgan fingerprint density at radius 2 is 2.00 bits per heavy atom. The molecule has 40 valence electrons. The molecule has 2 atom stereocenters. The molecule has 0 spiro atoms. The van der Waals surface area contributed by atoms with E-state index in [0.29, 0.717) is 0 Å². The van der Waals surface area contributed by atoms with Gasteiger partial charge in [-0.05, 0) is 6.92 Å². The molecule has 0 aliphatic heterocycles. The van der Waals surface area contributed by atoms with Gasteiger partial charge in [0.25, 0.3) is 0 Å². The first-order chi connectivity index (χ1) is 3.18. The van der Waals surface area contributed by atoms with Crippen molar-refractivity contribution in [2.45, 2.75) is 19.3 Å². The minimum Gasteiger partial charge on any atom is -0.243 e. The Bertz CT molecular complexity index is 80.6. The second-order valence-corrected chi connectivity index (χ2v) is 1.25. The van der Waals surface area contributed by atoms with E-state index in [1.165, 1.54) is 0 Å². The molecule has 0 radical (unpaired) electrons. The zero-order valence-electron chi connectivity index (χ0n) is 3.99. The van der Waals surface area contributed by atoms with Gasteiger partial charge in [-0.3, -0.25) is 0 Å². The second-order valence-electron chi connectivity index (χ2n) is 1.25. The molecule has 0 aromatic carbocycles. The summed E-state index contributed by atoms with van der Waals surface area (Å²) in [6, 6.07) is 0. The van der Waals surface area contributed by atoms with Crippen molar-refractivity contribution >= 4 is 0 Å². The van der Waals surface area contributed by atoms with Crippen LogP contribution < -0.4 is 0 Å². The van der Waals surface area contributed by atoms with Crippen LogP contribution in [0.2, 0.25) is 0 Å². The molecule has 0 aromatic rings. The summed E-state index contributed by atoms with van der Waals surface area (Å²) in [5, 5.41) is 0. The smallest absolute Gasteiger partial charge is 0.191 e. The van der Waals surface area contributed by atoms with E-state index in [-0.39, 0.29) is 0 Å². The zero-order chi connectivity index (χ0) is 5.86. The standard InChI is InChI=1S/C5H6F2/c1-3-5(7)4(2)6/h1,4-5H,2H3. The van der Waals surface area contributed by atoms with Crippen molar-refractivity contribution in [1.29, 1.82) is 0 Å². The second kappa shape index (κ2) is 2.57. The van der Waals surface area contributed by atoms with Crippen molar-refractivity contribution in [1.82, 2.24) is 0 Å². The molecule has 0 aliphatic carbocycles. The zero-order valence-corrected chi connectivity index (χ0v) is 3.99. The number of halogens is 2. The fourth-order valence-corrected chi connectivity index (χ4v) is 0.133. The van der Waals surface area contributed by atoms with E-state index in [4.69, 9.17) is 0 Å². The lowest BCUT2D eigenvalue weighted by Gasteiger charge is -1.96. The summed E-state index contributed by atoms with van der Waals surface area (Å²) in [4.78, 5) is 0. The minimum atomic E-state index is -1.74. The summed E-state index contributed by atoms with van der Waals surface area (Å²) in [6.45, 7) is 1.09. The van der Waals surface area contributed by atoms with E-state index in [0.717, 1.165) is 6.92 Å². The molecule has 0 amide bonds. The molecule has 0 rings (SSSR count). The molecular weight excluding hydrogens is 98.1 g/mol. The van der Waals surface area contributed by atoms with Gasteiger partial charge < -0.3 is 0 Å². The molecule has 0 N–H and O–H groups in total. The van der Waals surface area contributed by atoms with Crippen LogP contribution in [0.15, 0.2) is 0 Å². The van der Waals surface area contributed by atoms with E-state index in [2.05, 4.69) is 6.42 Å². The summed E-state index contributed by atoms with van der Waals surface area (Å²) >= 11 is 0. The van der Waals surface area contributed by atoms with Crippen LogP contribution in [0.3, 0.4) is 0 Å². The van der Waals surface area contributed by atoms with Crippen molar-refractivity contribution in [3.63, 3.8) is 0 Å². The quantitative estimate of drug-likeness (QED) is 0.440. The van der Waals surface area contributed by atoms with Crippen LogP contribution in [-0.4, -0.2) is 12.3 Å². The summed E-state index contributed by atoms with van der Waals surface area (Å²) in [7, 11) is 0. The molecule has 0 saturated carbocycles. The normalized spacial score (nSPS) is 17.4. The lowest BCUT2D eigenvalue weighted by molar-refractivity contribution is 0.230.